The first-order chi connectivity index (χ1) is 11.0. The summed E-state index contributed by atoms with van der Waals surface area (Å²) < 4.78 is 1.57. The van der Waals surface area contributed by atoms with E-state index in [-0.39, 0.29) is 11.5 Å². The number of hydrogen-bond donors (Lipinski definition) is 1. The van der Waals surface area contributed by atoms with Crippen molar-refractivity contribution in [2.24, 2.45) is 5.92 Å². The van der Waals surface area contributed by atoms with Gasteiger partial charge in [-0.15, -0.1) is 0 Å². The highest BCUT2D eigenvalue weighted by molar-refractivity contribution is 5.92. The summed E-state index contributed by atoms with van der Waals surface area (Å²) in [6.45, 7) is 6.86. The van der Waals surface area contributed by atoms with Gasteiger partial charge < -0.3 is 9.88 Å². The monoisotopic (exact) mass is 312 g/mol. The fourth-order valence-corrected chi connectivity index (χ4v) is 2.51. The average molecular weight is 312 g/mol. The van der Waals surface area contributed by atoms with Gasteiger partial charge in [-0.05, 0) is 36.5 Å². The summed E-state index contributed by atoms with van der Waals surface area (Å²) in [5.41, 5.74) is 2.86. The molecule has 0 fully saturated rings. The molecule has 4 nitrogen and oxygen atoms in total. The molecule has 1 heterocycles. The van der Waals surface area contributed by atoms with Crippen molar-refractivity contribution >= 4 is 11.6 Å². The number of aromatic nitrogens is 1. The molecular weight excluding hydrogens is 288 g/mol. The van der Waals surface area contributed by atoms with Crippen LogP contribution < -0.4 is 10.9 Å². The molecule has 1 amide bonds. The molecular formula is C19H24N2O2. The van der Waals surface area contributed by atoms with Crippen LogP contribution in [0.25, 0.3) is 0 Å². The minimum Gasteiger partial charge on any atom is -0.324 e. The second-order valence-electron chi connectivity index (χ2n) is 6.18. The smallest absolute Gasteiger partial charge is 0.250 e. The molecule has 0 saturated carbocycles. The van der Waals surface area contributed by atoms with Gasteiger partial charge in [0.15, 0.2) is 0 Å². The van der Waals surface area contributed by atoms with Crippen LogP contribution in [0.4, 0.5) is 5.69 Å². The molecule has 0 aliphatic heterocycles. The number of rotatable bonds is 6. The summed E-state index contributed by atoms with van der Waals surface area (Å²) in [6.07, 6.45) is 3.05. The topological polar surface area (TPSA) is 51.1 Å². The molecule has 0 bridgehead atoms. The minimum atomic E-state index is -0.0806. The molecule has 122 valence electrons. The SMILES string of the molecule is CCn1cc(NC(=O)Cc2ccc(CC(C)C)cc2)ccc1=O. The standard InChI is InChI=1S/C19H24N2O2/c1-4-21-13-17(9-10-19(21)23)20-18(22)12-16-7-5-15(6-8-16)11-14(2)3/h5-10,13-14H,4,11-12H2,1-3H3,(H,20,22). The van der Waals surface area contributed by atoms with Crippen molar-refractivity contribution in [1.29, 1.82) is 0 Å². The highest BCUT2D eigenvalue weighted by Gasteiger charge is 2.06. The Kier molecular flexibility index (Phi) is 5.74. The van der Waals surface area contributed by atoms with Gasteiger partial charge in [0.25, 0.3) is 5.56 Å². The van der Waals surface area contributed by atoms with Crippen molar-refractivity contribution in [2.75, 3.05) is 5.32 Å². The van der Waals surface area contributed by atoms with Crippen LogP contribution in [0.5, 0.6) is 0 Å². The fraction of sp³-hybridized carbons (Fsp3) is 0.368. The summed E-state index contributed by atoms with van der Waals surface area (Å²) in [7, 11) is 0. The summed E-state index contributed by atoms with van der Waals surface area (Å²) in [5.74, 6) is 0.543. The number of hydrogen-bond acceptors (Lipinski definition) is 2. The lowest BCUT2D eigenvalue weighted by Crippen LogP contribution is -2.20. The quantitative estimate of drug-likeness (QED) is 0.890. The van der Waals surface area contributed by atoms with Crippen LogP contribution in [0.1, 0.15) is 31.9 Å². The first-order valence-corrected chi connectivity index (χ1v) is 8.06. The van der Waals surface area contributed by atoms with E-state index < -0.39 is 0 Å². The maximum absolute atomic E-state index is 12.1. The van der Waals surface area contributed by atoms with Gasteiger partial charge in [-0.25, -0.2) is 0 Å². The van der Waals surface area contributed by atoms with Gasteiger partial charge in [-0.3, -0.25) is 9.59 Å². The van der Waals surface area contributed by atoms with E-state index in [1.54, 1.807) is 16.8 Å². The first kappa shape index (κ1) is 17.0. The molecule has 0 aliphatic carbocycles. The Bertz CT molecular complexity index is 715. The molecule has 2 rings (SSSR count). The maximum Gasteiger partial charge on any atom is 0.250 e. The zero-order valence-corrected chi connectivity index (χ0v) is 14.0. The molecule has 0 saturated heterocycles. The normalized spacial score (nSPS) is 10.8. The van der Waals surface area contributed by atoms with E-state index in [0.717, 1.165) is 12.0 Å². The van der Waals surface area contributed by atoms with Gasteiger partial charge in [0.2, 0.25) is 5.91 Å². The largest absolute Gasteiger partial charge is 0.324 e. The van der Waals surface area contributed by atoms with E-state index in [1.807, 2.05) is 19.1 Å². The lowest BCUT2D eigenvalue weighted by molar-refractivity contribution is -0.115. The number of aryl methyl sites for hydroxylation is 1. The van der Waals surface area contributed by atoms with Crippen LogP contribution in [-0.2, 0) is 24.2 Å². The number of carbonyl (C=O) groups excluding carboxylic acids is 1. The fourth-order valence-electron chi connectivity index (χ4n) is 2.51. The third-order valence-corrected chi connectivity index (χ3v) is 3.64. The Morgan fingerprint density at radius 2 is 1.74 bits per heavy atom. The zero-order chi connectivity index (χ0) is 16.8. The van der Waals surface area contributed by atoms with Crippen molar-refractivity contribution in [3.63, 3.8) is 0 Å². The van der Waals surface area contributed by atoms with Gasteiger partial charge in [0.1, 0.15) is 0 Å². The Balaban J connectivity index is 1.98. The third kappa shape index (κ3) is 5.09. The zero-order valence-electron chi connectivity index (χ0n) is 14.0. The predicted octanol–water partition coefficient (Wildman–Crippen LogP) is 3.25. The molecule has 1 N–H and O–H groups in total. The van der Waals surface area contributed by atoms with Crippen LogP contribution in [0.2, 0.25) is 0 Å². The van der Waals surface area contributed by atoms with Gasteiger partial charge in [-0.1, -0.05) is 38.1 Å². The van der Waals surface area contributed by atoms with E-state index in [2.05, 4.69) is 31.3 Å². The van der Waals surface area contributed by atoms with Crippen molar-refractivity contribution < 1.29 is 4.79 Å². The highest BCUT2D eigenvalue weighted by atomic mass is 16.1. The molecule has 0 spiro atoms. The third-order valence-electron chi connectivity index (χ3n) is 3.64. The predicted molar refractivity (Wildman–Crippen MR) is 93.7 cm³/mol. The molecule has 0 atom stereocenters. The maximum atomic E-state index is 12.1. The highest BCUT2D eigenvalue weighted by Crippen LogP contribution is 2.11. The van der Waals surface area contributed by atoms with E-state index in [9.17, 15) is 9.59 Å². The van der Waals surface area contributed by atoms with Gasteiger partial charge >= 0.3 is 0 Å². The summed E-state index contributed by atoms with van der Waals surface area (Å²) >= 11 is 0. The molecule has 1 aromatic heterocycles. The van der Waals surface area contributed by atoms with Gasteiger partial charge in [-0.2, -0.15) is 0 Å². The van der Waals surface area contributed by atoms with Crippen LogP contribution in [0, 0.1) is 5.92 Å². The molecule has 0 aliphatic rings. The number of nitrogens with one attached hydrogen (secondary N) is 1. The van der Waals surface area contributed by atoms with Crippen molar-refractivity contribution in [1.82, 2.24) is 4.57 Å². The first-order valence-electron chi connectivity index (χ1n) is 8.06. The van der Waals surface area contributed by atoms with Crippen molar-refractivity contribution in [2.45, 2.75) is 40.2 Å². The number of anilines is 1. The average Bonchev–Trinajstić information content (AvgIpc) is 2.50. The number of amides is 1. The number of pyridine rings is 1. The summed E-state index contributed by atoms with van der Waals surface area (Å²) in [4.78, 5) is 23.7. The van der Waals surface area contributed by atoms with Gasteiger partial charge in [0, 0.05) is 18.8 Å². The van der Waals surface area contributed by atoms with E-state index >= 15 is 0 Å². The molecule has 0 unspecified atom stereocenters. The molecule has 23 heavy (non-hydrogen) atoms. The van der Waals surface area contributed by atoms with E-state index in [1.165, 1.54) is 11.6 Å². The van der Waals surface area contributed by atoms with E-state index in [0.29, 0.717) is 24.6 Å². The molecule has 1 aromatic carbocycles. The van der Waals surface area contributed by atoms with Crippen molar-refractivity contribution in [3.8, 4) is 0 Å². The number of benzene rings is 1. The molecule has 4 heteroatoms. The van der Waals surface area contributed by atoms with Crippen molar-refractivity contribution in [3.05, 3.63) is 64.1 Å². The summed E-state index contributed by atoms with van der Waals surface area (Å²) in [5, 5.41) is 2.84. The van der Waals surface area contributed by atoms with Crippen LogP contribution in [-0.4, -0.2) is 10.5 Å². The summed E-state index contributed by atoms with van der Waals surface area (Å²) in [6, 6.07) is 11.3. The van der Waals surface area contributed by atoms with Crippen LogP contribution >= 0.6 is 0 Å². The molecule has 2 aromatic rings. The second-order valence-corrected chi connectivity index (χ2v) is 6.18. The lowest BCUT2D eigenvalue weighted by atomic mass is 10.0. The second kappa shape index (κ2) is 7.77. The van der Waals surface area contributed by atoms with Crippen LogP contribution in [0.3, 0.4) is 0 Å². The minimum absolute atomic E-state index is 0.0637. The number of nitrogens with zero attached hydrogens (tertiary/aromatic N) is 1. The Labute approximate surface area is 137 Å². The Morgan fingerprint density at radius 3 is 2.35 bits per heavy atom. The Morgan fingerprint density at radius 1 is 1.09 bits per heavy atom. The van der Waals surface area contributed by atoms with Gasteiger partial charge in [0.05, 0.1) is 12.1 Å². The van der Waals surface area contributed by atoms with E-state index in [4.69, 9.17) is 0 Å². The lowest BCUT2D eigenvalue weighted by Gasteiger charge is -2.09. The number of carbonyl (C=O) groups is 1. The molecule has 0 radical (unpaired) electrons. The Hall–Kier alpha value is -2.36. The van der Waals surface area contributed by atoms with Crippen LogP contribution in [0.15, 0.2) is 47.4 Å².